The summed E-state index contributed by atoms with van der Waals surface area (Å²) < 4.78 is 41.7. The number of hydrogen-bond acceptors (Lipinski definition) is 3. The van der Waals surface area contributed by atoms with Crippen LogP contribution in [0, 0.1) is 0 Å². The number of fused-ring (bicyclic) bond motifs is 3. The van der Waals surface area contributed by atoms with Gasteiger partial charge >= 0.3 is 6.36 Å². The van der Waals surface area contributed by atoms with Crippen LogP contribution < -0.4 is 15.4 Å². The molecule has 0 bridgehead atoms. The number of benzene rings is 2. The highest BCUT2D eigenvalue weighted by Gasteiger charge is 2.35. The Morgan fingerprint density at radius 2 is 1.80 bits per heavy atom. The molecule has 132 valence electrons. The summed E-state index contributed by atoms with van der Waals surface area (Å²) in [5.41, 5.74) is 4.03. The van der Waals surface area contributed by atoms with Crippen molar-refractivity contribution >= 4 is 5.69 Å². The molecule has 0 spiro atoms. The highest BCUT2D eigenvalue weighted by molar-refractivity contribution is 5.78. The number of anilines is 1. The molecule has 6 heteroatoms. The summed E-state index contributed by atoms with van der Waals surface area (Å²) in [6.07, 6.45) is -2.63. The van der Waals surface area contributed by atoms with Gasteiger partial charge in [0.2, 0.25) is 0 Å². The smallest absolute Gasteiger partial charge is 0.406 e. The van der Waals surface area contributed by atoms with Crippen molar-refractivity contribution in [2.75, 3.05) is 18.4 Å². The maximum absolute atomic E-state index is 12.5. The van der Waals surface area contributed by atoms with Crippen molar-refractivity contribution in [1.82, 2.24) is 5.32 Å². The minimum atomic E-state index is -4.68. The number of rotatable bonds is 2. The van der Waals surface area contributed by atoms with E-state index in [4.69, 9.17) is 0 Å². The van der Waals surface area contributed by atoms with Crippen LogP contribution >= 0.6 is 0 Å². The van der Waals surface area contributed by atoms with Crippen LogP contribution in [-0.4, -0.2) is 25.5 Å². The molecule has 2 aliphatic rings. The zero-order valence-electron chi connectivity index (χ0n) is 13.6. The molecule has 2 aromatic carbocycles. The first-order valence-corrected chi connectivity index (χ1v) is 8.47. The third-order valence-electron chi connectivity index (χ3n) is 4.95. The molecule has 0 aliphatic carbocycles. The van der Waals surface area contributed by atoms with E-state index in [1.165, 1.54) is 17.7 Å². The molecule has 0 radical (unpaired) electrons. The van der Waals surface area contributed by atoms with Gasteiger partial charge in [-0.05, 0) is 60.8 Å². The lowest BCUT2D eigenvalue weighted by atomic mass is 9.86. The Hall–Kier alpha value is -2.21. The average Bonchev–Trinajstić information content (AvgIpc) is 2.75. The fraction of sp³-hybridized carbons (Fsp3) is 0.368. The van der Waals surface area contributed by atoms with Crippen molar-refractivity contribution < 1.29 is 17.9 Å². The van der Waals surface area contributed by atoms with Crippen LogP contribution in [0.3, 0.4) is 0 Å². The summed E-state index contributed by atoms with van der Waals surface area (Å²) in [6.45, 7) is 1.93. The first-order chi connectivity index (χ1) is 12.0. The molecule has 1 fully saturated rings. The number of halogens is 3. The summed E-state index contributed by atoms with van der Waals surface area (Å²) in [7, 11) is 0. The summed E-state index contributed by atoms with van der Waals surface area (Å²) in [4.78, 5) is 0. The van der Waals surface area contributed by atoms with Crippen LogP contribution in [0.1, 0.15) is 24.3 Å². The Kier molecular flexibility index (Phi) is 4.07. The zero-order valence-corrected chi connectivity index (χ0v) is 13.6. The van der Waals surface area contributed by atoms with Crippen molar-refractivity contribution in [3.8, 4) is 16.9 Å². The standard InChI is InChI=1S/C19H19F3N2O/c20-19(21,22)25-13-4-1-3-12(11-13)14-5-2-6-17-18(14)15-7-9-23-10-8-16(15)24-17/h1-6,11,15-16,23-24H,7-10H2/t15-,16+/m1/s1. The molecule has 0 aromatic heterocycles. The van der Waals surface area contributed by atoms with Crippen molar-refractivity contribution in [1.29, 1.82) is 0 Å². The van der Waals surface area contributed by atoms with Gasteiger partial charge in [0.25, 0.3) is 0 Å². The zero-order chi connectivity index (χ0) is 17.4. The Bertz CT molecular complexity index is 776. The lowest BCUT2D eigenvalue weighted by molar-refractivity contribution is -0.274. The number of hydrogen-bond donors (Lipinski definition) is 2. The third-order valence-corrected chi connectivity index (χ3v) is 4.95. The molecule has 0 amide bonds. The molecule has 4 rings (SSSR count). The maximum atomic E-state index is 12.5. The summed E-state index contributed by atoms with van der Waals surface area (Å²) >= 11 is 0. The van der Waals surface area contributed by atoms with Crippen molar-refractivity contribution in [2.24, 2.45) is 0 Å². The summed E-state index contributed by atoms with van der Waals surface area (Å²) in [6, 6.07) is 12.6. The molecule has 3 nitrogen and oxygen atoms in total. The molecular weight excluding hydrogens is 329 g/mol. The first kappa shape index (κ1) is 16.3. The van der Waals surface area contributed by atoms with Crippen molar-refractivity contribution in [3.05, 3.63) is 48.0 Å². The predicted molar refractivity (Wildman–Crippen MR) is 90.8 cm³/mol. The van der Waals surface area contributed by atoms with Crippen LogP contribution in [0.25, 0.3) is 11.1 Å². The molecule has 1 saturated heterocycles. The topological polar surface area (TPSA) is 33.3 Å². The first-order valence-electron chi connectivity index (χ1n) is 8.47. The van der Waals surface area contributed by atoms with Gasteiger partial charge in [0.05, 0.1) is 0 Å². The second kappa shape index (κ2) is 6.26. The van der Waals surface area contributed by atoms with Gasteiger partial charge in [-0.1, -0.05) is 24.3 Å². The Labute approximate surface area is 144 Å². The SMILES string of the molecule is FC(F)(F)Oc1cccc(-c2cccc3c2[C@@H]2CCNCC[C@@H]2N3)c1. The predicted octanol–water partition coefficient (Wildman–Crippen LogP) is 4.51. The van der Waals surface area contributed by atoms with Crippen molar-refractivity contribution in [2.45, 2.75) is 31.2 Å². The van der Waals surface area contributed by atoms with Crippen LogP contribution in [0.4, 0.5) is 18.9 Å². The largest absolute Gasteiger partial charge is 0.573 e. The van der Waals surface area contributed by atoms with Crippen LogP contribution in [0.15, 0.2) is 42.5 Å². The summed E-state index contributed by atoms with van der Waals surface area (Å²) in [5, 5.41) is 7.00. The van der Waals surface area contributed by atoms with Crippen LogP contribution in [0.5, 0.6) is 5.75 Å². The molecule has 0 saturated carbocycles. The number of nitrogens with one attached hydrogen (secondary N) is 2. The molecule has 2 N–H and O–H groups in total. The summed E-state index contributed by atoms with van der Waals surface area (Å²) in [5.74, 6) is 0.182. The molecule has 2 aliphatic heterocycles. The van der Waals surface area contributed by atoms with Gasteiger partial charge in [-0.2, -0.15) is 0 Å². The van der Waals surface area contributed by atoms with Crippen LogP contribution in [0.2, 0.25) is 0 Å². The van der Waals surface area contributed by atoms with Gasteiger partial charge in [-0.3, -0.25) is 0 Å². The number of ether oxygens (including phenoxy) is 1. The van der Waals surface area contributed by atoms with Crippen molar-refractivity contribution in [3.63, 3.8) is 0 Å². The molecule has 2 aromatic rings. The lowest BCUT2D eigenvalue weighted by Gasteiger charge is -2.18. The Balaban J connectivity index is 1.73. The molecule has 25 heavy (non-hydrogen) atoms. The van der Waals surface area contributed by atoms with E-state index in [0.29, 0.717) is 12.0 Å². The Morgan fingerprint density at radius 1 is 1.00 bits per heavy atom. The maximum Gasteiger partial charge on any atom is 0.573 e. The van der Waals surface area contributed by atoms with Crippen LogP contribution in [-0.2, 0) is 0 Å². The normalized spacial score (nSPS) is 22.5. The fourth-order valence-corrected chi connectivity index (χ4v) is 3.96. The van der Waals surface area contributed by atoms with E-state index >= 15 is 0 Å². The number of alkyl halides is 3. The minimum Gasteiger partial charge on any atom is -0.406 e. The van der Waals surface area contributed by atoms with E-state index in [2.05, 4.69) is 21.4 Å². The highest BCUT2D eigenvalue weighted by Crippen LogP contribution is 2.45. The lowest BCUT2D eigenvalue weighted by Crippen LogP contribution is -2.21. The monoisotopic (exact) mass is 348 g/mol. The van der Waals surface area contributed by atoms with E-state index in [9.17, 15) is 13.2 Å². The minimum absolute atomic E-state index is 0.187. The second-order valence-electron chi connectivity index (χ2n) is 6.53. The highest BCUT2D eigenvalue weighted by atomic mass is 19.4. The van der Waals surface area contributed by atoms with Gasteiger partial charge in [-0.25, -0.2) is 0 Å². The molecular formula is C19H19F3N2O. The average molecular weight is 348 g/mol. The van der Waals surface area contributed by atoms with E-state index in [1.807, 2.05) is 18.2 Å². The van der Waals surface area contributed by atoms with E-state index in [-0.39, 0.29) is 5.75 Å². The van der Waals surface area contributed by atoms with E-state index < -0.39 is 6.36 Å². The Morgan fingerprint density at radius 3 is 2.64 bits per heavy atom. The van der Waals surface area contributed by atoms with E-state index in [0.717, 1.165) is 42.7 Å². The molecule has 2 heterocycles. The van der Waals surface area contributed by atoms with Gasteiger partial charge in [0.15, 0.2) is 0 Å². The van der Waals surface area contributed by atoms with Gasteiger partial charge in [0.1, 0.15) is 5.75 Å². The van der Waals surface area contributed by atoms with Gasteiger partial charge < -0.3 is 15.4 Å². The third kappa shape index (κ3) is 3.31. The molecule has 2 atom stereocenters. The fourth-order valence-electron chi connectivity index (χ4n) is 3.96. The van der Waals surface area contributed by atoms with Gasteiger partial charge in [0, 0.05) is 17.6 Å². The molecule has 0 unspecified atom stereocenters. The van der Waals surface area contributed by atoms with E-state index in [1.54, 1.807) is 6.07 Å². The quantitative estimate of drug-likeness (QED) is 0.838. The second-order valence-corrected chi connectivity index (χ2v) is 6.53. The van der Waals surface area contributed by atoms with Gasteiger partial charge in [-0.15, -0.1) is 13.2 Å².